The molecule has 0 aliphatic carbocycles. The number of aryl methyl sites for hydroxylation is 1. The summed E-state index contributed by atoms with van der Waals surface area (Å²) in [6.07, 6.45) is 0. The normalized spacial score (nSPS) is 11.8. The zero-order valence-corrected chi connectivity index (χ0v) is 10.4. The second-order valence-electron chi connectivity index (χ2n) is 3.95. The van der Waals surface area contributed by atoms with E-state index in [0.29, 0.717) is 11.4 Å². The highest BCUT2D eigenvalue weighted by molar-refractivity contribution is 7.90. The van der Waals surface area contributed by atoms with Crippen molar-refractivity contribution in [3.63, 3.8) is 0 Å². The molecule has 0 amide bonds. The lowest BCUT2D eigenvalue weighted by Crippen LogP contribution is -2.35. The number of nitrogens with two attached hydrogens (primary N) is 1. The van der Waals surface area contributed by atoms with Gasteiger partial charge < -0.3 is 5.73 Å². The van der Waals surface area contributed by atoms with Gasteiger partial charge in [-0.1, -0.05) is 6.07 Å². The summed E-state index contributed by atoms with van der Waals surface area (Å²) >= 11 is 0. The summed E-state index contributed by atoms with van der Waals surface area (Å²) in [4.78, 5) is 0. The van der Waals surface area contributed by atoms with Crippen LogP contribution in [0.5, 0.6) is 0 Å². The Labute approximate surface area is 96.2 Å². The zero-order chi connectivity index (χ0) is 12.3. The minimum Gasteiger partial charge on any atom is -0.398 e. The van der Waals surface area contributed by atoms with Gasteiger partial charge in [-0.05, 0) is 38.5 Å². The van der Waals surface area contributed by atoms with E-state index in [4.69, 9.17) is 5.73 Å². The lowest BCUT2D eigenvalue weighted by molar-refractivity contribution is 0.575. The molecule has 6 heteroatoms. The average molecular weight is 243 g/mol. The van der Waals surface area contributed by atoms with Crippen molar-refractivity contribution in [2.75, 3.05) is 10.5 Å². The van der Waals surface area contributed by atoms with Gasteiger partial charge >= 0.3 is 0 Å². The third kappa shape index (κ3) is 3.71. The van der Waals surface area contributed by atoms with E-state index in [-0.39, 0.29) is 6.04 Å². The summed E-state index contributed by atoms with van der Waals surface area (Å²) in [5.41, 5.74) is 7.62. The van der Waals surface area contributed by atoms with E-state index in [0.717, 1.165) is 5.56 Å². The van der Waals surface area contributed by atoms with Gasteiger partial charge in [-0.2, -0.15) is 13.1 Å². The summed E-state index contributed by atoms with van der Waals surface area (Å²) < 4.78 is 27.9. The molecule has 1 aromatic rings. The molecule has 0 fully saturated rings. The molecule has 0 aliphatic heterocycles. The first-order valence-corrected chi connectivity index (χ1v) is 6.44. The smallest absolute Gasteiger partial charge is 0.299 e. The lowest BCUT2D eigenvalue weighted by Gasteiger charge is -2.12. The van der Waals surface area contributed by atoms with Crippen molar-refractivity contribution in [2.45, 2.75) is 26.8 Å². The molecular weight excluding hydrogens is 226 g/mol. The molecule has 0 spiro atoms. The molecule has 4 N–H and O–H groups in total. The van der Waals surface area contributed by atoms with Crippen LogP contribution in [0.15, 0.2) is 18.2 Å². The Bertz CT molecular complexity index is 469. The highest BCUT2D eigenvalue weighted by Gasteiger charge is 2.11. The van der Waals surface area contributed by atoms with Gasteiger partial charge in [-0.25, -0.2) is 0 Å². The molecule has 0 atom stereocenters. The monoisotopic (exact) mass is 243 g/mol. The number of nitrogens with one attached hydrogen (secondary N) is 2. The Kier molecular flexibility index (Phi) is 3.77. The molecule has 0 heterocycles. The van der Waals surface area contributed by atoms with E-state index < -0.39 is 10.2 Å². The largest absolute Gasteiger partial charge is 0.398 e. The minimum atomic E-state index is -3.52. The maximum Gasteiger partial charge on any atom is 0.299 e. The molecule has 0 saturated carbocycles. The third-order valence-corrected chi connectivity index (χ3v) is 3.21. The molecule has 0 saturated heterocycles. The molecule has 0 bridgehead atoms. The number of anilines is 2. The number of benzene rings is 1. The summed E-state index contributed by atoms with van der Waals surface area (Å²) in [5, 5.41) is 0. The Hall–Kier alpha value is -1.27. The zero-order valence-electron chi connectivity index (χ0n) is 9.61. The highest BCUT2D eigenvalue weighted by Crippen LogP contribution is 2.17. The Morgan fingerprint density at radius 2 is 1.94 bits per heavy atom. The van der Waals surface area contributed by atoms with E-state index >= 15 is 0 Å². The predicted molar refractivity (Wildman–Crippen MR) is 66.4 cm³/mol. The number of rotatable bonds is 4. The van der Waals surface area contributed by atoms with E-state index in [1.54, 1.807) is 32.0 Å². The highest BCUT2D eigenvalue weighted by atomic mass is 32.2. The topological polar surface area (TPSA) is 84.2 Å². The van der Waals surface area contributed by atoms with Gasteiger partial charge in [0.1, 0.15) is 0 Å². The van der Waals surface area contributed by atoms with E-state index in [1.165, 1.54) is 0 Å². The molecule has 1 aromatic carbocycles. The van der Waals surface area contributed by atoms with Crippen molar-refractivity contribution in [3.05, 3.63) is 23.8 Å². The lowest BCUT2D eigenvalue weighted by atomic mass is 10.2. The van der Waals surface area contributed by atoms with Crippen LogP contribution in [0.3, 0.4) is 0 Å². The first-order valence-electron chi connectivity index (χ1n) is 4.96. The predicted octanol–water partition coefficient (Wildman–Crippen LogP) is 1.23. The maximum atomic E-state index is 11.5. The molecule has 5 nitrogen and oxygen atoms in total. The standard InChI is InChI=1S/C10H17N3O2S/c1-7(2)12-16(14,15)13-9-5-4-8(3)10(11)6-9/h4-7,12-13H,11H2,1-3H3. The van der Waals surface area contributed by atoms with Gasteiger partial charge in [0.05, 0.1) is 5.69 Å². The molecule has 0 aliphatic rings. The molecule has 1 rings (SSSR count). The van der Waals surface area contributed by atoms with Crippen LogP contribution in [0.2, 0.25) is 0 Å². The summed E-state index contributed by atoms with van der Waals surface area (Å²) in [5.74, 6) is 0. The van der Waals surface area contributed by atoms with Crippen molar-refractivity contribution >= 4 is 21.6 Å². The van der Waals surface area contributed by atoms with Crippen molar-refractivity contribution in [1.82, 2.24) is 4.72 Å². The SMILES string of the molecule is Cc1ccc(NS(=O)(=O)NC(C)C)cc1N. The number of hydrogen-bond donors (Lipinski definition) is 3. The molecule has 16 heavy (non-hydrogen) atoms. The summed E-state index contributed by atoms with van der Waals surface area (Å²) in [7, 11) is -3.52. The van der Waals surface area contributed by atoms with E-state index in [9.17, 15) is 8.42 Å². The maximum absolute atomic E-state index is 11.5. The van der Waals surface area contributed by atoms with Crippen molar-refractivity contribution in [2.24, 2.45) is 0 Å². The van der Waals surface area contributed by atoms with Gasteiger partial charge in [0.2, 0.25) is 0 Å². The Morgan fingerprint density at radius 1 is 1.31 bits per heavy atom. The first-order chi connectivity index (χ1) is 7.30. The number of nitrogen functional groups attached to an aromatic ring is 1. The fourth-order valence-electron chi connectivity index (χ4n) is 1.20. The Morgan fingerprint density at radius 3 is 2.44 bits per heavy atom. The first kappa shape index (κ1) is 12.8. The molecule has 0 radical (unpaired) electrons. The fourth-order valence-corrected chi connectivity index (χ4v) is 2.32. The molecule has 0 aromatic heterocycles. The number of hydrogen-bond acceptors (Lipinski definition) is 3. The van der Waals surface area contributed by atoms with Crippen LogP contribution in [0.1, 0.15) is 19.4 Å². The van der Waals surface area contributed by atoms with Crippen LogP contribution in [-0.4, -0.2) is 14.5 Å². The van der Waals surface area contributed by atoms with Gasteiger partial charge in [0.25, 0.3) is 10.2 Å². The molecular formula is C10H17N3O2S. The summed E-state index contributed by atoms with van der Waals surface area (Å²) in [6, 6.07) is 4.88. The van der Waals surface area contributed by atoms with E-state index in [1.807, 2.05) is 6.92 Å². The third-order valence-electron chi connectivity index (χ3n) is 1.92. The van der Waals surface area contributed by atoms with Gasteiger partial charge in [-0.3, -0.25) is 4.72 Å². The van der Waals surface area contributed by atoms with Gasteiger partial charge in [0, 0.05) is 11.7 Å². The van der Waals surface area contributed by atoms with Crippen LogP contribution in [0, 0.1) is 6.92 Å². The van der Waals surface area contributed by atoms with Crippen LogP contribution in [0.25, 0.3) is 0 Å². The van der Waals surface area contributed by atoms with Crippen LogP contribution in [-0.2, 0) is 10.2 Å². The van der Waals surface area contributed by atoms with Crippen molar-refractivity contribution in [3.8, 4) is 0 Å². The molecule has 0 unspecified atom stereocenters. The van der Waals surface area contributed by atoms with E-state index in [2.05, 4.69) is 9.44 Å². The van der Waals surface area contributed by atoms with Crippen LogP contribution in [0.4, 0.5) is 11.4 Å². The average Bonchev–Trinajstić information content (AvgIpc) is 2.08. The quantitative estimate of drug-likeness (QED) is 0.695. The second-order valence-corrected chi connectivity index (χ2v) is 5.40. The van der Waals surface area contributed by atoms with Gasteiger partial charge in [-0.15, -0.1) is 0 Å². The van der Waals surface area contributed by atoms with Crippen molar-refractivity contribution < 1.29 is 8.42 Å². The summed E-state index contributed by atoms with van der Waals surface area (Å²) in [6.45, 7) is 5.37. The Balaban J connectivity index is 2.84. The van der Waals surface area contributed by atoms with Crippen LogP contribution >= 0.6 is 0 Å². The molecule has 90 valence electrons. The fraction of sp³-hybridized carbons (Fsp3) is 0.400. The minimum absolute atomic E-state index is 0.153. The van der Waals surface area contributed by atoms with Crippen molar-refractivity contribution in [1.29, 1.82) is 0 Å². The van der Waals surface area contributed by atoms with Gasteiger partial charge in [0.15, 0.2) is 0 Å². The second kappa shape index (κ2) is 4.71. The van der Waals surface area contributed by atoms with Crippen LogP contribution < -0.4 is 15.2 Å².